The highest BCUT2D eigenvalue weighted by molar-refractivity contribution is 9.10. The van der Waals surface area contributed by atoms with E-state index in [1.165, 1.54) is 0 Å². The van der Waals surface area contributed by atoms with Crippen LogP contribution < -0.4 is 0 Å². The fourth-order valence-electron chi connectivity index (χ4n) is 1.10. The van der Waals surface area contributed by atoms with Crippen LogP contribution in [0.5, 0.6) is 0 Å². The molecular weight excluding hydrogens is 218 g/mol. The zero-order valence-electron chi connectivity index (χ0n) is 7.58. The molecule has 0 saturated heterocycles. The Labute approximate surface area is 81.3 Å². The average Bonchev–Trinajstić information content (AvgIpc) is 2.30. The Morgan fingerprint density at radius 1 is 1.42 bits per heavy atom. The molecule has 1 atom stereocenters. The number of aromatic nitrogens is 1. The maximum Gasteiger partial charge on any atom is 0.0852 e. The predicted molar refractivity (Wildman–Crippen MR) is 53.2 cm³/mol. The van der Waals surface area contributed by atoms with E-state index in [9.17, 15) is 5.11 Å². The quantitative estimate of drug-likeness (QED) is 0.833. The predicted octanol–water partition coefficient (Wildman–Crippen LogP) is 2.88. The van der Waals surface area contributed by atoms with Crippen LogP contribution in [0.3, 0.4) is 0 Å². The number of hydrogen-bond acceptors (Lipinski definition) is 1. The van der Waals surface area contributed by atoms with Crippen molar-refractivity contribution in [2.24, 2.45) is 0 Å². The lowest BCUT2D eigenvalue weighted by Crippen LogP contribution is -1.98. The van der Waals surface area contributed by atoms with Crippen molar-refractivity contribution in [2.45, 2.75) is 32.9 Å². The molecule has 1 unspecified atom stereocenters. The Bertz CT molecular complexity index is 265. The molecule has 12 heavy (non-hydrogen) atoms. The minimum absolute atomic E-state index is 0.388. The number of halogens is 1. The van der Waals surface area contributed by atoms with Crippen LogP contribution in [-0.2, 0) is 0 Å². The first-order valence-electron chi connectivity index (χ1n) is 4.07. The van der Waals surface area contributed by atoms with Gasteiger partial charge in [0.2, 0.25) is 0 Å². The molecule has 0 saturated carbocycles. The van der Waals surface area contributed by atoms with Crippen molar-refractivity contribution < 1.29 is 5.11 Å². The molecule has 1 aromatic rings. The summed E-state index contributed by atoms with van der Waals surface area (Å²) < 4.78 is 3.11. The van der Waals surface area contributed by atoms with Crippen molar-refractivity contribution in [3.8, 4) is 0 Å². The summed E-state index contributed by atoms with van der Waals surface area (Å²) >= 11 is 3.44. The third-order valence-electron chi connectivity index (χ3n) is 1.86. The number of aliphatic hydroxyl groups is 1. The van der Waals surface area contributed by atoms with Gasteiger partial charge in [-0.05, 0) is 48.3 Å². The lowest BCUT2D eigenvalue weighted by atomic mass is 10.2. The minimum Gasteiger partial charge on any atom is -0.389 e. The molecular formula is C9H14BrNO. The molecule has 0 radical (unpaired) electrons. The smallest absolute Gasteiger partial charge is 0.0852 e. The second kappa shape index (κ2) is 3.62. The Balaban J connectivity index is 3.00. The van der Waals surface area contributed by atoms with Gasteiger partial charge >= 0.3 is 0 Å². The lowest BCUT2D eigenvalue weighted by Gasteiger charge is -2.08. The maximum atomic E-state index is 9.31. The van der Waals surface area contributed by atoms with E-state index in [0.717, 1.165) is 10.2 Å². The molecule has 1 rings (SSSR count). The van der Waals surface area contributed by atoms with E-state index in [4.69, 9.17) is 0 Å². The summed E-state index contributed by atoms with van der Waals surface area (Å²) in [5.74, 6) is 0. The van der Waals surface area contributed by atoms with Crippen molar-refractivity contribution in [2.75, 3.05) is 0 Å². The van der Waals surface area contributed by atoms with Gasteiger partial charge in [0.15, 0.2) is 0 Å². The van der Waals surface area contributed by atoms with Gasteiger partial charge in [0, 0.05) is 12.2 Å². The summed E-state index contributed by atoms with van der Waals surface area (Å²) in [6.07, 6.45) is 1.58. The summed E-state index contributed by atoms with van der Waals surface area (Å²) in [5, 5.41) is 9.31. The van der Waals surface area contributed by atoms with Crippen molar-refractivity contribution in [1.82, 2.24) is 4.57 Å². The highest BCUT2D eigenvalue weighted by atomic mass is 79.9. The zero-order chi connectivity index (χ0) is 9.30. The SMILES string of the molecule is CC(O)c1cc(Br)n(C(C)C)c1. The molecule has 0 bridgehead atoms. The fourth-order valence-corrected chi connectivity index (χ4v) is 1.87. The molecule has 1 heterocycles. The lowest BCUT2D eigenvalue weighted by molar-refractivity contribution is 0.199. The van der Waals surface area contributed by atoms with Gasteiger partial charge in [0.25, 0.3) is 0 Å². The van der Waals surface area contributed by atoms with E-state index < -0.39 is 0 Å². The second-order valence-electron chi connectivity index (χ2n) is 3.27. The molecule has 1 N–H and O–H groups in total. The van der Waals surface area contributed by atoms with Crippen LogP contribution >= 0.6 is 15.9 Å². The molecule has 0 aliphatic rings. The van der Waals surface area contributed by atoms with E-state index in [-0.39, 0.29) is 6.10 Å². The first-order valence-corrected chi connectivity index (χ1v) is 4.87. The molecule has 68 valence electrons. The van der Waals surface area contributed by atoms with Crippen LogP contribution in [-0.4, -0.2) is 9.67 Å². The van der Waals surface area contributed by atoms with E-state index in [1.54, 1.807) is 6.92 Å². The average molecular weight is 232 g/mol. The van der Waals surface area contributed by atoms with E-state index >= 15 is 0 Å². The van der Waals surface area contributed by atoms with Gasteiger partial charge in [-0.2, -0.15) is 0 Å². The van der Waals surface area contributed by atoms with E-state index in [2.05, 4.69) is 34.3 Å². The highest BCUT2D eigenvalue weighted by Gasteiger charge is 2.08. The summed E-state index contributed by atoms with van der Waals surface area (Å²) in [6.45, 7) is 5.99. The summed E-state index contributed by atoms with van der Waals surface area (Å²) in [5.41, 5.74) is 0.954. The third-order valence-corrected chi connectivity index (χ3v) is 2.50. The summed E-state index contributed by atoms with van der Waals surface area (Å²) in [7, 11) is 0. The maximum absolute atomic E-state index is 9.31. The van der Waals surface area contributed by atoms with Crippen LogP contribution in [0.2, 0.25) is 0 Å². The van der Waals surface area contributed by atoms with Gasteiger partial charge in [-0.15, -0.1) is 0 Å². The molecule has 0 aliphatic heterocycles. The van der Waals surface area contributed by atoms with Gasteiger partial charge in [0.1, 0.15) is 0 Å². The van der Waals surface area contributed by atoms with Gasteiger partial charge < -0.3 is 9.67 Å². The highest BCUT2D eigenvalue weighted by Crippen LogP contribution is 2.23. The molecule has 1 aromatic heterocycles. The van der Waals surface area contributed by atoms with E-state index in [0.29, 0.717) is 6.04 Å². The Hall–Kier alpha value is -0.280. The third kappa shape index (κ3) is 1.90. The Morgan fingerprint density at radius 3 is 2.25 bits per heavy atom. The zero-order valence-corrected chi connectivity index (χ0v) is 9.17. The molecule has 0 spiro atoms. The van der Waals surface area contributed by atoms with Crippen LogP contribution in [0.15, 0.2) is 16.9 Å². The van der Waals surface area contributed by atoms with E-state index in [1.807, 2.05) is 12.3 Å². The molecule has 2 nitrogen and oxygen atoms in total. The normalized spacial score (nSPS) is 13.8. The van der Waals surface area contributed by atoms with Crippen molar-refractivity contribution in [3.05, 3.63) is 22.4 Å². The van der Waals surface area contributed by atoms with Crippen LogP contribution in [0.25, 0.3) is 0 Å². The standard InChI is InChI=1S/C9H14BrNO/c1-6(2)11-5-8(7(3)12)4-9(11)10/h4-7,12H,1-3H3. The van der Waals surface area contributed by atoms with Crippen LogP contribution in [0, 0.1) is 0 Å². The molecule has 3 heteroatoms. The number of rotatable bonds is 2. The summed E-state index contributed by atoms with van der Waals surface area (Å²) in [4.78, 5) is 0. The molecule has 0 amide bonds. The fraction of sp³-hybridized carbons (Fsp3) is 0.556. The van der Waals surface area contributed by atoms with Gasteiger partial charge in [-0.3, -0.25) is 0 Å². The van der Waals surface area contributed by atoms with Gasteiger partial charge in [-0.25, -0.2) is 0 Å². The molecule has 0 aliphatic carbocycles. The molecule has 0 fully saturated rings. The van der Waals surface area contributed by atoms with Crippen molar-refractivity contribution >= 4 is 15.9 Å². The molecule has 0 aromatic carbocycles. The number of nitrogens with zero attached hydrogens (tertiary/aromatic N) is 1. The largest absolute Gasteiger partial charge is 0.389 e. The first-order chi connectivity index (χ1) is 5.52. The Kier molecular flexibility index (Phi) is 2.96. The van der Waals surface area contributed by atoms with Crippen molar-refractivity contribution in [1.29, 1.82) is 0 Å². The summed E-state index contributed by atoms with van der Waals surface area (Å²) in [6, 6.07) is 2.37. The van der Waals surface area contributed by atoms with Crippen LogP contribution in [0.1, 0.15) is 38.5 Å². The van der Waals surface area contributed by atoms with Crippen molar-refractivity contribution in [3.63, 3.8) is 0 Å². The number of aliphatic hydroxyl groups excluding tert-OH is 1. The number of hydrogen-bond donors (Lipinski definition) is 1. The second-order valence-corrected chi connectivity index (χ2v) is 4.09. The topological polar surface area (TPSA) is 25.2 Å². The van der Waals surface area contributed by atoms with Gasteiger partial charge in [-0.1, -0.05) is 0 Å². The van der Waals surface area contributed by atoms with Gasteiger partial charge in [0.05, 0.1) is 10.7 Å². The van der Waals surface area contributed by atoms with Crippen LogP contribution in [0.4, 0.5) is 0 Å². The first kappa shape index (κ1) is 9.81. The Morgan fingerprint density at radius 2 is 2.00 bits per heavy atom. The minimum atomic E-state index is -0.388. The monoisotopic (exact) mass is 231 g/mol.